The lowest BCUT2D eigenvalue weighted by molar-refractivity contribution is 0.101. The van der Waals surface area contributed by atoms with Crippen molar-refractivity contribution in [2.45, 2.75) is 110 Å². The maximum Gasteiger partial charge on any atom is 0.0208 e. The molecule has 1 atom stereocenters. The predicted octanol–water partition coefficient (Wildman–Crippen LogP) is 6.06. The van der Waals surface area contributed by atoms with Crippen LogP contribution in [0.1, 0.15) is 105 Å². The van der Waals surface area contributed by atoms with Crippen LogP contribution >= 0.6 is 0 Å². The van der Waals surface area contributed by atoms with Gasteiger partial charge in [0.05, 0.1) is 0 Å². The molecular weight excluding hydrogens is 242 g/mol. The molecule has 0 saturated heterocycles. The molecule has 0 aliphatic heterocycles. The van der Waals surface area contributed by atoms with Crippen molar-refractivity contribution in [2.75, 3.05) is 0 Å². The summed E-state index contributed by atoms with van der Waals surface area (Å²) in [6, 6.07) is 0. The van der Waals surface area contributed by atoms with E-state index in [1.165, 1.54) is 77.0 Å². The zero-order valence-electron chi connectivity index (χ0n) is 14.6. The third kappa shape index (κ3) is 5.06. The van der Waals surface area contributed by atoms with Gasteiger partial charge in [0.25, 0.3) is 0 Å². The van der Waals surface area contributed by atoms with Crippen molar-refractivity contribution in [1.82, 2.24) is 0 Å². The molecule has 0 aromatic heterocycles. The Morgan fingerprint density at radius 1 is 0.800 bits per heavy atom. The smallest absolute Gasteiger partial charge is 0.0208 e. The first-order valence-corrected chi connectivity index (χ1v) is 9.27. The molecule has 0 heterocycles. The number of nitrogens with two attached hydrogens (primary N) is 1. The summed E-state index contributed by atoms with van der Waals surface area (Å²) in [6.07, 6.45) is 16.4. The lowest BCUT2D eigenvalue weighted by Gasteiger charge is -2.45. The van der Waals surface area contributed by atoms with Crippen LogP contribution in [-0.2, 0) is 0 Å². The van der Waals surface area contributed by atoms with E-state index in [9.17, 15) is 0 Å². The first-order valence-electron chi connectivity index (χ1n) is 9.27. The van der Waals surface area contributed by atoms with E-state index in [-0.39, 0.29) is 5.54 Å². The van der Waals surface area contributed by atoms with E-state index in [4.69, 9.17) is 5.73 Å². The summed E-state index contributed by atoms with van der Waals surface area (Å²) in [5, 5.41) is 0. The van der Waals surface area contributed by atoms with Crippen LogP contribution in [-0.4, -0.2) is 5.54 Å². The van der Waals surface area contributed by atoms with Crippen LogP contribution in [0.3, 0.4) is 0 Å². The highest BCUT2D eigenvalue weighted by molar-refractivity contribution is 5.05. The molecule has 120 valence electrons. The summed E-state index contributed by atoms with van der Waals surface area (Å²) in [4.78, 5) is 0. The van der Waals surface area contributed by atoms with Crippen LogP contribution in [0, 0.1) is 11.3 Å². The summed E-state index contributed by atoms with van der Waals surface area (Å²) >= 11 is 0. The van der Waals surface area contributed by atoms with Crippen molar-refractivity contribution >= 4 is 0 Å². The molecule has 0 spiro atoms. The second kappa shape index (κ2) is 8.41. The summed E-state index contributed by atoms with van der Waals surface area (Å²) in [5.74, 6) is 0.796. The lowest BCUT2D eigenvalue weighted by Crippen LogP contribution is -2.53. The van der Waals surface area contributed by atoms with Gasteiger partial charge in [-0.25, -0.2) is 0 Å². The van der Waals surface area contributed by atoms with Crippen LogP contribution in [0.2, 0.25) is 0 Å². The Morgan fingerprint density at radius 3 is 1.60 bits per heavy atom. The van der Waals surface area contributed by atoms with Crippen molar-refractivity contribution in [2.24, 2.45) is 17.1 Å². The predicted molar refractivity (Wildman–Crippen MR) is 90.9 cm³/mol. The van der Waals surface area contributed by atoms with Crippen molar-refractivity contribution in [3.8, 4) is 0 Å². The Bertz CT molecular complexity index is 240. The van der Waals surface area contributed by atoms with Crippen LogP contribution in [0.4, 0.5) is 0 Å². The third-order valence-corrected chi connectivity index (χ3v) is 5.89. The van der Waals surface area contributed by atoms with Crippen molar-refractivity contribution in [1.29, 1.82) is 0 Å². The Kier molecular flexibility index (Phi) is 7.58. The number of unbranched alkanes of at least 4 members (excludes halogenated alkanes) is 6. The van der Waals surface area contributed by atoms with Crippen molar-refractivity contribution in [3.63, 3.8) is 0 Å². The molecular formula is C19H39N. The van der Waals surface area contributed by atoms with E-state index in [2.05, 4.69) is 27.7 Å². The van der Waals surface area contributed by atoms with E-state index in [0.717, 1.165) is 5.92 Å². The van der Waals surface area contributed by atoms with Gasteiger partial charge in [-0.15, -0.1) is 0 Å². The molecule has 0 bridgehead atoms. The summed E-state index contributed by atoms with van der Waals surface area (Å²) in [5.41, 5.74) is 7.25. The van der Waals surface area contributed by atoms with Crippen LogP contribution < -0.4 is 5.73 Å². The van der Waals surface area contributed by atoms with Gasteiger partial charge in [-0.3, -0.25) is 0 Å². The van der Waals surface area contributed by atoms with E-state index in [0.29, 0.717) is 5.41 Å². The van der Waals surface area contributed by atoms with Crippen LogP contribution in [0.15, 0.2) is 0 Å². The normalized spacial score (nSPS) is 19.1. The fourth-order valence-corrected chi connectivity index (χ4v) is 3.72. The van der Waals surface area contributed by atoms with Crippen molar-refractivity contribution < 1.29 is 0 Å². The molecule has 1 fully saturated rings. The number of hydrogen-bond donors (Lipinski definition) is 1. The maximum atomic E-state index is 6.83. The van der Waals surface area contributed by atoms with E-state index in [1.54, 1.807) is 0 Å². The van der Waals surface area contributed by atoms with Gasteiger partial charge in [0.1, 0.15) is 0 Å². The SMILES string of the molecule is CCCCCCC(C)(CCCCCC)C(C)(N)C1CC1. The van der Waals surface area contributed by atoms with Gasteiger partial charge in [0.15, 0.2) is 0 Å². The number of hydrogen-bond acceptors (Lipinski definition) is 1. The Hall–Kier alpha value is -0.0400. The Labute approximate surface area is 128 Å². The summed E-state index contributed by atoms with van der Waals surface area (Å²) < 4.78 is 0. The minimum atomic E-state index is 0.0609. The molecule has 0 aromatic carbocycles. The Morgan fingerprint density at radius 2 is 1.25 bits per heavy atom. The second-order valence-electron chi connectivity index (χ2n) is 7.74. The molecule has 1 aliphatic rings. The van der Waals surface area contributed by atoms with Gasteiger partial charge in [0, 0.05) is 5.54 Å². The standard InChI is InChI=1S/C19H39N/c1-5-7-9-11-15-18(3,16-12-10-8-6-2)19(4,20)17-13-14-17/h17H,5-16,20H2,1-4H3. The zero-order chi connectivity index (χ0) is 15.1. The fraction of sp³-hybridized carbons (Fsp3) is 1.00. The van der Waals surface area contributed by atoms with E-state index >= 15 is 0 Å². The molecule has 1 heteroatoms. The van der Waals surface area contributed by atoms with Gasteiger partial charge < -0.3 is 5.73 Å². The zero-order valence-corrected chi connectivity index (χ0v) is 14.6. The molecule has 1 nitrogen and oxygen atoms in total. The van der Waals surface area contributed by atoms with Gasteiger partial charge in [0.2, 0.25) is 0 Å². The highest BCUT2D eigenvalue weighted by Gasteiger charge is 2.49. The third-order valence-electron chi connectivity index (χ3n) is 5.89. The number of rotatable bonds is 12. The van der Waals surface area contributed by atoms with Crippen LogP contribution in [0.5, 0.6) is 0 Å². The quantitative estimate of drug-likeness (QED) is 0.432. The molecule has 1 unspecified atom stereocenters. The molecule has 20 heavy (non-hydrogen) atoms. The second-order valence-corrected chi connectivity index (χ2v) is 7.74. The highest BCUT2D eigenvalue weighted by atomic mass is 14.8. The van der Waals surface area contributed by atoms with Gasteiger partial charge in [-0.1, -0.05) is 72.1 Å². The monoisotopic (exact) mass is 281 g/mol. The molecule has 0 aromatic rings. The van der Waals surface area contributed by atoms with Gasteiger partial charge in [-0.2, -0.15) is 0 Å². The first-order chi connectivity index (χ1) is 9.48. The lowest BCUT2D eigenvalue weighted by atomic mass is 9.64. The fourth-order valence-electron chi connectivity index (χ4n) is 3.72. The largest absolute Gasteiger partial charge is 0.325 e. The molecule has 1 saturated carbocycles. The summed E-state index contributed by atoms with van der Waals surface area (Å²) in [7, 11) is 0. The molecule has 2 N–H and O–H groups in total. The molecule has 1 rings (SSSR count). The minimum Gasteiger partial charge on any atom is -0.325 e. The van der Waals surface area contributed by atoms with Crippen LogP contribution in [0.25, 0.3) is 0 Å². The topological polar surface area (TPSA) is 26.0 Å². The Balaban J connectivity index is 2.51. The average molecular weight is 282 g/mol. The first kappa shape index (κ1) is 18.0. The molecule has 0 radical (unpaired) electrons. The van der Waals surface area contributed by atoms with E-state index in [1.807, 2.05) is 0 Å². The maximum absolute atomic E-state index is 6.83. The van der Waals surface area contributed by atoms with E-state index < -0.39 is 0 Å². The molecule has 1 aliphatic carbocycles. The highest BCUT2D eigenvalue weighted by Crippen LogP contribution is 2.51. The minimum absolute atomic E-state index is 0.0609. The van der Waals surface area contributed by atoms with Gasteiger partial charge >= 0.3 is 0 Å². The average Bonchev–Trinajstić information content (AvgIpc) is 3.24. The van der Waals surface area contributed by atoms with Crippen molar-refractivity contribution in [3.05, 3.63) is 0 Å². The summed E-state index contributed by atoms with van der Waals surface area (Å²) in [6.45, 7) is 9.43. The van der Waals surface area contributed by atoms with Gasteiger partial charge in [-0.05, 0) is 43.9 Å². The molecule has 0 amide bonds.